The number of benzene rings is 2. The average Bonchev–Trinajstić information content (AvgIpc) is 2.83. The van der Waals surface area contributed by atoms with Crippen LogP contribution in [0.25, 0.3) is 16.7 Å². The molecule has 3 rings (SSSR count). The molecule has 0 amide bonds. The van der Waals surface area contributed by atoms with Gasteiger partial charge in [0.05, 0.1) is 18.2 Å². The molecule has 0 unspecified atom stereocenters. The first-order chi connectivity index (χ1) is 10.2. The number of aromatic nitrogens is 2. The van der Waals surface area contributed by atoms with Crippen LogP contribution in [0.15, 0.2) is 36.4 Å². The summed E-state index contributed by atoms with van der Waals surface area (Å²) in [5.41, 5.74) is 1.76. The van der Waals surface area contributed by atoms with E-state index in [4.69, 9.17) is 17.0 Å². The van der Waals surface area contributed by atoms with Crippen LogP contribution in [0.2, 0.25) is 0 Å². The Balaban J connectivity index is 2.48. The summed E-state index contributed by atoms with van der Waals surface area (Å²) < 4.78 is 21.1. The molecule has 1 N–H and O–H groups in total. The summed E-state index contributed by atoms with van der Waals surface area (Å²) >= 11 is 5.29. The Hall–Kier alpha value is -2.65. The van der Waals surface area contributed by atoms with Crippen molar-refractivity contribution in [3.05, 3.63) is 52.5 Å². The van der Waals surface area contributed by atoms with Crippen LogP contribution in [0.1, 0.15) is 5.56 Å². The van der Waals surface area contributed by atoms with E-state index in [0.717, 1.165) is 0 Å². The van der Waals surface area contributed by atoms with Crippen molar-refractivity contribution in [3.8, 4) is 17.5 Å². The zero-order valence-electron chi connectivity index (χ0n) is 11.1. The Bertz CT molecular complexity index is 936. The topological polar surface area (TPSA) is 53.7 Å². The number of imidazole rings is 1. The SMILES string of the molecule is COc1cccc(C#N)c1-n1c(=S)[nH]c2c(F)cccc21. The maximum absolute atomic E-state index is 13.9. The van der Waals surface area contributed by atoms with E-state index in [1.165, 1.54) is 13.2 Å². The molecule has 0 radical (unpaired) electrons. The van der Waals surface area contributed by atoms with Crippen molar-refractivity contribution < 1.29 is 9.13 Å². The van der Waals surface area contributed by atoms with Gasteiger partial charge in [0.15, 0.2) is 4.77 Å². The van der Waals surface area contributed by atoms with Crippen molar-refractivity contribution >= 4 is 23.3 Å². The van der Waals surface area contributed by atoms with Crippen LogP contribution in [0.3, 0.4) is 0 Å². The van der Waals surface area contributed by atoms with Gasteiger partial charge < -0.3 is 9.72 Å². The Morgan fingerprint density at radius 2 is 2.05 bits per heavy atom. The van der Waals surface area contributed by atoms with Crippen LogP contribution in [0.4, 0.5) is 4.39 Å². The molecule has 6 heteroatoms. The fourth-order valence-electron chi connectivity index (χ4n) is 2.32. The maximum Gasteiger partial charge on any atom is 0.183 e. The highest BCUT2D eigenvalue weighted by Crippen LogP contribution is 2.30. The minimum Gasteiger partial charge on any atom is -0.495 e. The molecule has 0 bridgehead atoms. The van der Waals surface area contributed by atoms with E-state index in [9.17, 15) is 9.65 Å². The molecule has 0 spiro atoms. The number of hydrogen-bond donors (Lipinski definition) is 1. The minimum absolute atomic E-state index is 0.302. The molecular weight excluding hydrogens is 289 g/mol. The van der Waals surface area contributed by atoms with Gasteiger partial charge in [-0.05, 0) is 36.5 Å². The van der Waals surface area contributed by atoms with Crippen molar-refractivity contribution in [3.63, 3.8) is 0 Å². The van der Waals surface area contributed by atoms with Crippen molar-refractivity contribution in [2.75, 3.05) is 7.11 Å². The zero-order chi connectivity index (χ0) is 15.0. The van der Waals surface area contributed by atoms with Crippen molar-refractivity contribution in [2.45, 2.75) is 0 Å². The third kappa shape index (κ3) is 1.99. The molecule has 0 aliphatic rings. The van der Waals surface area contributed by atoms with Crippen molar-refractivity contribution in [2.24, 2.45) is 0 Å². The third-order valence-electron chi connectivity index (χ3n) is 3.23. The molecule has 0 fully saturated rings. The van der Waals surface area contributed by atoms with Gasteiger partial charge in [-0.1, -0.05) is 12.1 Å². The highest BCUT2D eigenvalue weighted by atomic mass is 32.1. The summed E-state index contributed by atoms with van der Waals surface area (Å²) in [4.78, 5) is 2.83. The lowest BCUT2D eigenvalue weighted by atomic mass is 10.1. The third-order valence-corrected chi connectivity index (χ3v) is 3.52. The summed E-state index contributed by atoms with van der Waals surface area (Å²) in [6.45, 7) is 0. The molecule has 0 saturated heterocycles. The Morgan fingerprint density at radius 1 is 1.29 bits per heavy atom. The van der Waals surface area contributed by atoms with Gasteiger partial charge in [0.1, 0.15) is 28.8 Å². The summed E-state index contributed by atoms with van der Waals surface area (Å²) in [7, 11) is 1.51. The van der Waals surface area contributed by atoms with Gasteiger partial charge in [-0.25, -0.2) is 4.39 Å². The van der Waals surface area contributed by atoms with E-state index in [-0.39, 0.29) is 0 Å². The van der Waals surface area contributed by atoms with Gasteiger partial charge in [0, 0.05) is 0 Å². The van der Waals surface area contributed by atoms with E-state index in [2.05, 4.69) is 11.1 Å². The largest absolute Gasteiger partial charge is 0.495 e. The number of fused-ring (bicyclic) bond motifs is 1. The van der Waals surface area contributed by atoms with Crippen LogP contribution in [0.5, 0.6) is 5.75 Å². The first-order valence-corrected chi connectivity index (χ1v) is 6.55. The Morgan fingerprint density at radius 3 is 2.76 bits per heavy atom. The second-order valence-corrected chi connectivity index (χ2v) is 4.75. The summed E-state index contributed by atoms with van der Waals surface area (Å²) in [6, 6.07) is 11.9. The number of aromatic amines is 1. The van der Waals surface area contributed by atoms with Crippen LogP contribution < -0.4 is 4.74 Å². The predicted molar refractivity (Wildman–Crippen MR) is 79.7 cm³/mol. The van der Waals surface area contributed by atoms with Crippen LogP contribution in [0, 0.1) is 21.9 Å². The van der Waals surface area contributed by atoms with E-state index < -0.39 is 5.82 Å². The number of nitrogens with zero attached hydrogens (tertiary/aromatic N) is 2. The molecule has 1 aromatic heterocycles. The molecule has 3 aromatic rings. The van der Waals surface area contributed by atoms with Gasteiger partial charge in [-0.2, -0.15) is 5.26 Å². The lowest BCUT2D eigenvalue weighted by Crippen LogP contribution is -2.01. The number of halogens is 1. The number of nitriles is 1. The summed E-state index contributed by atoms with van der Waals surface area (Å²) in [6.07, 6.45) is 0. The van der Waals surface area contributed by atoms with Gasteiger partial charge in [-0.15, -0.1) is 0 Å². The highest BCUT2D eigenvalue weighted by Gasteiger charge is 2.16. The smallest absolute Gasteiger partial charge is 0.183 e. The van der Waals surface area contributed by atoms with E-state index in [0.29, 0.717) is 32.8 Å². The molecule has 21 heavy (non-hydrogen) atoms. The monoisotopic (exact) mass is 299 g/mol. The van der Waals surface area contributed by atoms with Gasteiger partial charge in [0.25, 0.3) is 0 Å². The molecular formula is C15H10FN3OS. The quantitative estimate of drug-likeness (QED) is 0.734. The molecule has 4 nitrogen and oxygen atoms in total. The summed E-state index contributed by atoms with van der Waals surface area (Å²) in [5, 5.41) is 9.32. The molecule has 0 aliphatic heterocycles. The second kappa shape index (κ2) is 5.04. The highest BCUT2D eigenvalue weighted by molar-refractivity contribution is 7.71. The molecule has 2 aromatic carbocycles. The zero-order valence-corrected chi connectivity index (χ0v) is 11.9. The van der Waals surface area contributed by atoms with Crippen LogP contribution in [-0.2, 0) is 0 Å². The predicted octanol–water partition coefficient (Wildman–Crippen LogP) is 3.71. The lowest BCUT2D eigenvalue weighted by Gasteiger charge is -2.12. The molecule has 0 atom stereocenters. The first-order valence-electron chi connectivity index (χ1n) is 6.14. The number of nitrogens with one attached hydrogen (secondary N) is 1. The number of rotatable bonds is 2. The number of ether oxygens (including phenoxy) is 1. The number of para-hydroxylation sites is 2. The second-order valence-electron chi connectivity index (χ2n) is 4.37. The Labute approximate surface area is 125 Å². The molecule has 0 aliphatic carbocycles. The minimum atomic E-state index is -0.397. The van der Waals surface area contributed by atoms with Gasteiger partial charge >= 0.3 is 0 Å². The van der Waals surface area contributed by atoms with E-state index >= 15 is 0 Å². The van der Waals surface area contributed by atoms with Gasteiger partial charge in [0.2, 0.25) is 0 Å². The average molecular weight is 299 g/mol. The maximum atomic E-state index is 13.9. The van der Waals surface area contributed by atoms with Crippen molar-refractivity contribution in [1.29, 1.82) is 5.26 Å². The number of hydrogen-bond acceptors (Lipinski definition) is 3. The molecule has 104 valence electrons. The van der Waals surface area contributed by atoms with E-state index in [1.807, 2.05) is 0 Å². The fraction of sp³-hybridized carbons (Fsp3) is 0.0667. The van der Waals surface area contributed by atoms with Crippen molar-refractivity contribution in [1.82, 2.24) is 9.55 Å². The number of H-pyrrole nitrogens is 1. The van der Waals surface area contributed by atoms with E-state index in [1.54, 1.807) is 34.9 Å². The Kier molecular flexibility index (Phi) is 3.20. The van der Waals surface area contributed by atoms with Gasteiger partial charge in [-0.3, -0.25) is 4.57 Å². The van der Waals surface area contributed by atoms with Crippen LogP contribution >= 0.6 is 12.2 Å². The fourth-order valence-corrected chi connectivity index (χ4v) is 2.62. The first kappa shape index (κ1) is 13.3. The molecule has 1 heterocycles. The lowest BCUT2D eigenvalue weighted by molar-refractivity contribution is 0.413. The standard InChI is InChI=1S/C15H10FN3OS/c1-20-12-7-2-4-9(8-17)14(12)19-11-6-3-5-10(16)13(11)18-15(19)21/h2-7H,1H3,(H,18,21). The molecule has 0 saturated carbocycles. The summed E-state index contributed by atoms with van der Waals surface area (Å²) in [5.74, 6) is 0.0982. The number of methoxy groups -OCH3 is 1. The normalized spacial score (nSPS) is 10.5. The van der Waals surface area contributed by atoms with Crippen LogP contribution in [-0.4, -0.2) is 16.7 Å².